The smallest absolute Gasteiger partial charge is 0.191 e. The molecular formula is C20H22FN5S. The minimum Gasteiger partial charge on any atom is -0.352 e. The molecule has 0 N–H and O–H groups in total. The summed E-state index contributed by atoms with van der Waals surface area (Å²) in [7, 11) is 0. The molecule has 3 aromatic rings. The summed E-state index contributed by atoms with van der Waals surface area (Å²) in [5.74, 6) is 0.0550. The van der Waals surface area contributed by atoms with Gasteiger partial charge in [0.05, 0.1) is 10.7 Å². The third-order valence-corrected chi connectivity index (χ3v) is 5.91. The minimum absolute atomic E-state index is 0.342. The van der Waals surface area contributed by atoms with Crippen molar-refractivity contribution in [2.24, 2.45) is 0 Å². The number of anilines is 1. The molecule has 0 unspecified atom stereocenters. The quantitative estimate of drug-likeness (QED) is 0.688. The first kappa shape index (κ1) is 18.0. The van der Waals surface area contributed by atoms with Gasteiger partial charge in [-0.25, -0.2) is 19.3 Å². The van der Waals surface area contributed by atoms with E-state index in [0.29, 0.717) is 11.5 Å². The molecule has 0 spiro atoms. The molecule has 5 nitrogen and oxygen atoms in total. The van der Waals surface area contributed by atoms with Crippen molar-refractivity contribution in [3.05, 3.63) is 58.1 Å². The van der Waals surface area contributed by atoms with Gasteiger partial charge in [0, 0.05) is 43.2 Å². The zero-order chi connectivity index (χ0) is 18.8. The lowest BCUT2D eigenvalue weighted by Gasteiger charge is -2.35. The Kier molecular flexibility index (Phi) is 5.13. The van der Waals surface area contributed by atoms with Crippen molar-refractivity contribution in [1.82, 2.24) is 19.9 Å². The van der Waals surface area contributed by atoms with Crippen LogP contribution in [0.25, 0.3) is 11.3 Å². The lowest BCUT2D eigenvalue weighted by Crippen LogP contribution is -2.46. The zero-order valence-corrected chi connectivity index (χ0v) is 16.3. The van der Waals surface area contributed by atoms with Crippen LogP contribution < -0.4 is 4.90 Å². The highest BCUT2D eigenvalue weighted by Crippen LogP contribution is 2.27. The van der Waals surface area contributed by atoms with Crippen LogP contribution in [0.2, 0.25) is 0 Å². The van der Waals surface area contributed by atoms with E-state index in [4.69, 9.17) is 0 Å². The predicted octanol–water partition coefficient (Wildman–Crippen LogP) is 3.68. The monoisotopic (exact) mass is 383 g/mol. The molecule has 1 saturated heterocycles. The molecule has 2 aromatic heterocycles. The van der Waals surface area contributed by atoms with E-state index in [9.17, 15) is 0 Å². The fourth-order valence-electron chi connectivity index (χ4n) is 3.42. The maximum absolute atomic E-state index is 15.1. The van der Waals surface area contributed by atoms with Crippen molar-refractivity contribution in [2.75, 3.05) is 31.1 Å². The number of aryl methyl sites for hydroxylation is 2. The van der Waals surface area contributed by atoms with Gasteiger partial charge in [0.2, 0.25) is 0 Å². The van der Waals surface area contributed by atoms with Crippen molar-refractivity contribution in [3.8, 4) is 11.3 Å². The van der Waals surface area contributed by atoms with E-state index in [2.05, 4.69) is 26.8 Å². The summed E-state index contributed by atoms with van der Waals surface area (Å²) in [6.45, 7) is 8.27. The Balaban J connectivity index is 1.46. The molecule has 1 fully saturated rings. The first-order chi connectivity index (χ1) is 13.1. The van der Waals surface area contributed by atoms with Crippen molar-refractivity contribution < 1.29 is 4.39 Å². The summed E-state index contributed by atoms with van der Waals surface area (Å²) in [6, 6.07) is 9.42. The molecule has 7 heteroatoms. The number of rotatable bonds is 4. The van der Waals surface area contributed by atoms with Gasteiger partial charge in [0.1, 0.15) is 12.0 Å². The Morgan fingerprint density at radius 2 is 1.78 bits per heavy atom. The van der Waals surface area contributed by atoms with Crippen LogP contribution in [-0.4, -0.2) is 46.0 Å². The molecule has 0 radical (unpaired) electrons. The van der Waals surface area contributed by atoms with Crippen molar-refractivity contribution in [2.45, 2.75) is 20.4 Å². The summed E-state index contributed by atoms with van der Waals surface area (Å²) in [5, 5.41) is 1.11. The first-order valence-electron chi connectivity index (χ1n) is 9.08. The number of aromatic nitrogens is 3. The van der Waals surface area contributed by atoms with Crippen LogP contribution in [0.3, 0.4) is 0 Å². The van der Waals surface area contributed by atoms with E-state index in [1.807, 2.05) is 42.2 Å². The molecule has 3 heterocycles. The van der Waals surface area contributed by atoms with Gasteiger partial charge >= 0.3 is 0 Å². The maximum atomic E-state index is 15.1. The van der Waals surface area contributed by atoms with Crippen LogP contribution in [0.4, 0.5) is 10.2 Å². The number of halogens is 1. The number of nitrogens with zero attached hydrogens (tertiary/aromatic N) is 5. The van der Waals surface area contributed by atoms with Gasteiger partial charge in [-0.3, -0.25) is 4.90 Å². The van der Waals surface area contributed by atoms with Gasteiger partial charge < -0.3 is 4.90 Å². The van der Waals surface area contributed by atoms with E-state index in [0.717, 1.165) is 49.0 Å². The third kappa shape index (κ3) is 3.84. The second-order valence-corrected chi connectivity index (χ2v) is 8.02. The van der Waals surface area contributed by atoms with Crippen LogP contribution >= 0.6 is 11.3 Å². The van der Waals surface area contributed by atoms with Gasteiger partial charge in [-0.15, -0.1) is 11.3 Å². The lowest BCUT2D eigenvalue weighted by molar-refractivity contribution is 0.250. The molecule has 0 amide bonds. The van der Waals surface area contributed by atoms with Gasteiger partial charge in [-0.2, -0.15) is 0 Å². The molecule has 4 rings (SSSR count). The zero-order valence-electron chi connectivity index (χ0n) is 15.5. The Bertz CT molecular complexity index is 919. The largest absolute Gasteiger partial charge is 0.352 e. The van der Waals surface area contributed by atoms with Crippen molar-refractivity contribution in [1.29, 1.82) is 0 Å². The Labute approximate surface area is 162 Å². The number of benzene rings is 1. The number of hydrogen-bond donors (Lipinski definition) is 0. The van der Waals surface area contributed by atoms with Crippen LogP contribution in [0.1, 0.15) is 15.6 Å². The highest BCUT2D eigenvalue weighted by atomic mass is 32.1. The number of piperazine rings is 1. The molecule has 1 aromatic carbocycles. The van der Waals surface area contributed by atoms with E-state index in [-0.39, 0.29) is 5.82 Å². The molecule has 0 saturated carbocycles. The van der Waals surface area contributed by atoms with Gasteiger partial charge in [-0.1, -0.05) is 30.3 Å². The van der Waals surface area contributed by atoms with Crippen LogP contribution in [0.5, 0.6) is 0 Å². The number of thiazole rings is 1. The first-order valence-corrected chi connectivity index (χ1v) is 9.89. The Morgan fingerprint density at radius 1 is 1.04 bits per heavy atom. The number of hydrogen-bond acceptors (Lipinski definition) is 6. The second kappa shape index (κ2) is 7.70. The molecule has 0 bridgehead atoms. The average Bonchev–Trinajstić information content (AvgIpc) is 3.00. The predicted molar refractivity (Wildman–Crippen MR) is 107 cm³/mol. The Hall–Kier alpha value is -2.38. The fraction of sp³-hybridized carbons (Fsp3) is 0.350. The maximum Gasteiger partial charge on any atom is 0.191 e. The second-order valence-electron chi connectivity index (χ2n) is 6.73. The average molecular weight is 383 g/mol. The highest BCUT2D eigenvalue weighted by Gasteiger charge is 2.23. The SMILES string of the molecule is Cc1nc(C)c(CN2CCN(c3ncnc(-c4ccccc4)c3F)CC2)s1. The molecule has 0 aliphatic carbocycles. The van der Waals surface area contributed by atoms with Gasteiger partial charge in [0.15, 0.2) is 11.6 Å². The molecular weight excluding hydrogens is 361 g/mol. The van der Waals surface area contributed by atoms with Crippen LogP contribution in [-0.2, 0) is 6.54 Å². The van der Waals surface area contributed by atoms with Crippen molar-refractivity contribution in [3.63, 3.8) is 0 Å². The van der Waals surface area contributed by atoms with E-state index >= 15 is 4.39 Å². The normalized spacial score (nSPS) is 15.3. The molecule has 1 aliphatic heterocycles. The highest BCUT2D eigenvalue weighted by molar-refractivity contribution is 7.11. The van der Waals surface area contributed by atoms with Gasteiger partial charge in [0.25, 0.3) is 0 Å². The summed E-state index contributed by atoms with van der Waals surface area (Å²) < 4.78 is 15.1. The fourth-order valence-corrected chi connectivity index (χ4v) is 4.40. The summed E-state index contributed by atoms with van der Waals surface area (Å²) >= 11 is 1.76. The lowest BCUT2D eigenvalue weighted by atomic mass is 10.1. The van der Waals surface area contributed by atoms with Crippen LogP contribution in [0.15, 0.2) is 36.7 Å². The van der Waals surface area contributed by atoms with Crippen molar-refractivity contribution >= 4 is 17.2 Å². The standard InChI is InChI=1S/C20H22FN5S/c1-14-17(27-15(2)24-14)12-25-8-10-26(11-9-25)20-18(21)19(22-13-23-20)16-6-4-3-5-7-16/h3-7,13H,8-12H2,1-2H3. The molecule has 0 atom stereocenters. The molecule has 1 aliphatic rings. The Morgan fingerprint density at radius 3 is 2.44 bits per heavy atom. The topological polar surface area (TPSA) is 45.2 Å². The van der Waals surface area contributed by atoms with E-state index in [1.165, 1.54) is 11.2 Å². The summed E-state index contributed by atoms with van der Waals surface area (Å²) in [5.41, 5.74) is 2.25. The third-order valence-electron chi connectivity index (χ3n) is 4.86. The van der Waals surface area contributed by atoms with E-state index < -0.39 is 0 Å². The van der Waals surface area contributed by atoms with Gasteiger partial charge in [-0.05, 0) is 13.8 Å². The summed E-state index contributed by atoms with van der Waals surface area (Å²) in [4.78, 5) is 18.6. The summed E-state index contributed by atoms with van der Waals surface area (Å²) in [6.07, 6.45) is 1.45. The van der Waals surface area contributed by atoms with E-state index in [1.54, 1.807) is 11.3 Å². The molecule has 140 valence electrons. The van der Waals surface area contributed by atoms with Crippen LogP contribution in [0, 0.1) is 19.7 Å². The minimum atomic E-state index is -0.342. The molecule has 27 heavy (non-hydrogen) atoms.